The molecule has 1 aliphatic heterocycles. The molecule has 0 fully saturated rings. The number of benzene rings is 2. The Hall–Kier alpha value is -2.36. The second-order valence-corrected chi connectivity index (χ2v) is 4.92. The van der Waals surface area contributed by atoms with Gasteiger partial charge in [-0.05, 0) is 36.2 Å². The van der Waals surface area contributed by atoms with Crippen LogP contribution in [0, 0.1) is 0 Å². The third-order valence-corrected chi connectivity index (χ3v) is 3.24. The summed E-state index contributed by atoms with van der Waals surface area (Å²) in [4.78, 5) is 0. The lowest BCUT2D eigenvalue weighted by Gasteiger charge is -2.10. The standard InChI is InChI=1S/C17H19NO3/c1-2-8-19-15-5-3-4-14(10-15)18-11-13-6-7-16-17(9-13)21-12-20-16/h3-7,9-10,18H,2,8,11-12H2,1H3. The summed E-state index contributed by atoms with van der Waals surface area (Å²) in [5.41, 5.74) is 2.19. The minimum absolute atomic E-state index is 0.309. The first-order valence-electron chi connectivity index (χ1n) is 7.20. The third-order valence-electron chi connectivity index (χ3n) is 3.24. The summed E-state index contributed by atoms with van der Waals surface area (Å²) in [5.74, 6) is 2.52. The van der Waals surface area contributed by atoms with E-state index < -0.39 is 0 Å². The molecule has 0 saturated carbocycles. The predicted molar refractivity (Wildman–Crippen MR) is 82.1 cm³/mol. The van der Waals surface area contributed by atoms with E-state index in [4.69, 9.17) is 14.2 Å². The summed E-state index contributed by atoms with van der Waals surface area (Å²) < 4.78 is 16.3. The maximum absolute atomic E-state index is 5.63. The van der Waals surface area contributed by atoms with Crippen LogP contribution in [0.1, 0.15) is 18.9 Å². The number of ether oxygens (including phenoxy) is 3. The Morgan fingerprint density at radius 3 is 2.90 bits per heavy atom. The van der Waals surface area contributed by atoms with Gasteiger partial charge < -0.3 is 19.5 Å². The summed E-state index contributed by atoms with van der Waals surface area (Å²) in [7, 11) is 0. The van der Waals surface area contributed by atoms with Gasteiger partial charge >= 0.3 is 0 Å². The molecule has 1 heterocycles. The summed E-state index contributed by atoms with van der Waals surface area (Å²) >= 11 is 0. The van der Waals surface area contributed by atoms with E-state index in [0.717, 1.165) is 48.1 Å². The maximum Gasteiger partial charge on any atom is 0.231 e. The zero-order chi connectivity index (χ0) is 14.5. The van der Waals surface area contributed by atoms with Gasteiger partial charge in [-0.25, -0.2) is 0 Å². The first-order valence-corrected chi connectivity index (χ1v) is 7.20. The summed E-state index contributed by atoms with van der Waals surface area (Å²) in [5, 5.41) is 3.39. The van der Waals surface area contributed by atoms with Crippen LogP contribution in [-0.2, 0) is 6.54 Å². The van der Waals surface area contributed by atoms with Crippen molar-refractivity contribution < 1.29 is 14.2 Å². The predicted octanol–water partition coefficient (Wildman–Crippen LogP) is 3.82. The van der Waals surface area contributed by atoms with E-state index in [1.165, 1.54) is 0 Å². The topological polar surface area (TPSA) is 39.7 Å². The van der Waals surface area contributed by atoms with Gasteiger partial charge in [-0.2, -0.15) is 0 Å². The molecule has 1 aliphatic rings. The van der Waals surface area contributed by atoms with Crippen molar-refractivity contribution in [1.29, 1.82) is 0 Å². The van der Waals surface area contributed by atoms with Crippen molar-refractivity contribution in [3.63, 3.8) is 0 Å². The Balaban J connectivity index is 1.62. The van der Waals surface area contributed by atoms with Gasteiger partial charge in [0.05, 0.1) is 6.61 Å². The largest absolute Gasteiger partial charge is 0.494 e. The maximum atomic E-state index is 5.63. The third kappa shape index (κ3) is 3.40. The van der Waals surface area contributed by atoms with Crippen LogP contribution in [0.5, 0.6) is 17.2 Å². The molecule has 0 bridgehead atoms. The molecule has 0 unspecified atom stereocenters. The van der Waals surface area contributed by atoms with Crippen LogP contribution in [0.25, 0.3) is 0 Å². The average molecular weight is 285 g/mol. The number of nitrogens with one attached hydrogen (secondary N) is 1. The number of fused-ring (bicyclic) bond motifs is 1. The zero-order valence-electron chi connectivity index (χ0n) is 12.1. The first kappa shape index (κ1) is 13.6. The average Bonchev–Trinajstić information content (AvgIpc) is 2.99. The van der Waals surface area contributed by atoms with Crippen molar-refractivity contribution in [2.45, 2.75) is 19.9 Å². The molecular weight excluding hydrogens is 266 g/mol. The fraction of sp³-hybridized carbons (Fsp3) is 0.294. The van der Waals surface area contributed by atoms with E-state index in [2.05, 4.69) is 12.2 Å². The smallest absolute Gasteiger partial charge is 0.231 e. The molecule has 3 rings (SSSR count). The van der Waals surface area contributed by atoms with Crippen LogP contribution < -0.4 is 19.5 Å². The quantitative estimate of drug-likeness (QED) is 0.876. The van der Waals surface area contributed by atoms with Crippen LogP contribution in [0.4, 0.5) is 5.69 Å². The minimum Gasteiger partial charge on any atom is -0.494 e. The highest BCUT2D eigenvalue weighted by Gasteiger charge is 2.12. The Bertz CT molecular complexity index is 613. The Morgan fingerprint density at radius 2 is 2.00 bits per heavy atom. The molecule has 0 aromatic heterocycles. The highest BCUT2D eigenvalue weighted by molar-refractivity contribution is 5.50. The molecule has 2 aromatic carbocycles. The van der Waals surface area contributed by atoms with E-state index >= 15 is 0 Å². The van der Waals surface area contributed by atoms with Gasteiger partial charge in [-0.3, -0.25) is 0 Å². The lowest BCUT2D eigenvalue weighted by Crippen LogP contribution is -2.00. The van der Waals surface area contributed by atoms with E-state index in [9.17, 15) is 0 Å². The van der Waals surface area contributed by atoms with Crippen molar-refractivity contribution in [2.75, 3.05) is 18.7 Å². The van der Waals surface area contributed by atoms with Gasteiger partial charge in [0.2, 0.25) is 6.79 Å². The molecule has 2 aromatic rings. The number of rotatable bonds is 6. The Labute approximate surface area is 124 Å². The van der Waals surface area contributed by atoms with Crippen molar-refractivity contribution in [3.8, 4) is 17.2 Å². The molecule has 4 heteroatoms. The van der Waals surface area contributed by atoms with E-state index in [1.54, 1.807) is 0 Å². The minimum atomic E-state index is 0.309. The number of hydrogen-bond donors (Lipinski definition) is 1. The molecular formula is C17H19NO3. The Morgan fingerprint density at radius 1 is 1.10 bits per heavy atom. The first-order chi connectivity index (χ1) is 10.3. The molecule has 21 heavy (non-hydrogen) atoms. The molecule has 4 nitrogen and oxygen atoms in total. The van der Waals surface area contributed by atoms with Gasteiger partial charge in [0, 0.05) is 18.3 Å². The van der Waals surface area contributed by atoms with Gasteiger partial charge in [0.1, 0.15) is 5.75 Å². The van der Waals surface area contributed by atoms with Crippen molar-refractivity contribution in [1.82, 2.24) is 0 Å². The van der Waals surface area contributed by atoms with Crippen LogP contribution >= 0.6 is 0 Å². The highest BCUT2D eigenvalue weighted by atomic mass is 16.7. The normalized spacial score (nSPS) is 12.2. The van der Waals surface area contributed by atoms with Crippen LogP contribution in [-0.4, -0.2) is 13.4 Å². The van der Waals surface area contributed by atoms with Gasteiger partial charge in [-0.1, -0.05) is 19.1 Å². The lowest BCUT2D eigenvalue weighted by atomic mass is 10.2. The van der Waals surface area contributed by atoms with Gasteiger partial charge in [0.15, 0.2) is 11.5 Å². The van der Waals surface area contributed by atoms with Crippen LogP contribution in [0.2, 0.25) is 0 Å². The second kappa shape index (κ2) is 6.39. The highest BCUT2D eigenvalue weighted by Crippen LogP contribution is 2.32. The molecule has 1 N–H and O–H groups in total. The van der Waals surface area contributed by atoms with Crippen molar-refractivity contribution >= 4 is 5.69 Å². The zero-order valence-corrected chi connectivity index (χ0v) is 12.1. The SMILES string of the molecule is CCCOc1cccc(NCc2ccc3c(c2)OCO3)c1. The number of anilines is 1. The molecule has 0 radical (unpaired) electrons. The summed E-state index contributed by atoms with van der Waals surface area (Å²) in [6.07, 6.45) is 1.01. The summed E-state index contributed by atoms with van der Waals surface area (Å²) in [6.45, 7) is 3.88. The van der Waals surface area contributed by atoms with E-state index in [0.29, 0.717) is 6.79 Å². The van der Waals surface area contributed by atoms with Gasteiger partial charge in [-0.15, -0.1) is 0 Å². The van der Waals surface area contributed by atoms with Gasteiger partial charge in [0.25, 0.3) is 0 Å². The molecule has 0 spiro atoms. The van der Waals surface area contributed by atoms with Crippen LogP contribution in [0.3, 0.4) is 0 Å². The van der Waals surface area contributed by atoms with Crippen molar-refractivity contribution in [3.05, 3.63) is 48.0 Å². The lowest BCUT2D eigenvalue weighted by molar-refractivity contribution is 0.174. The summed E-state index contributed by atoms with van der Waals surface area (Å²) in [6, 6.07) is 14.0. The van der Waals surface area contributed by atoms with E-state index in [1.807, 2.05) is 42.5 Å². The van der Waals surface area contributed by atoms with E-state index in [-0.39, 0.29) is 0 Å². The van der Waals surface area contributed by atoms with Crippen molar-refractivity contribution in [2.24, 2.45) is 0 Å². The molecule has 0 aliphatic carbocycles. The Kier molecular flexibility index (Phi) is 4.15. The fourth-order valence-corrected chi connectivity index (χ4v) is 2.17. The van der Waals surface area contributed by atoms with Crippen LogP contribution in [0.15, 0.2) is 42.5 Å². The second-order valence-electron chi connectivity index (χ2n) is 4.92. The molecule has 0 amide bonds. The fourth-order valence-electron chi connectivity index (χ4n) is 2.17. The number of hydrogen-bond acceptors (Lipinski definition) is 4. The molecule has 0 atom stereocenters. The molecule has 110 valence electrons. The monoisotopic (exact) mass is 285 g/mol. The molecule has 0 saturated heterocycles.